The van der Waals surface area contributed by atoms with Gasteiger partial charge in [-0.1, -0.05) is 34.6 Å². The molecule has 7 nitrogen and oxygen atoms in total. The van der Waals surface area contributed by atoms with Crippen LogP contribution in [-0.4, -0.2) is 28.0 Å². The molecule has 1 heterocycles. The van der Waals surface area contributed by atoms with Crippen LogP contribution in [0, 0.1) is 21.4 Å². The molecule has 0 fully saturated rings. The van der Waals surface area contributed by atoms with Crippen molar-refractivity contribution in [1.82, 2.24) is 9.97 Å². The lowest BCUT2D eigenvalue weighted by molar-refractivity contribution is -0.384. The Hall–Kier alpha value is -1.92. The first-order valence-corrected chi connectivity index (χ1v) is 7.27. The van der Waals surface area contributed by atoms with Gasteiger partial charge in [0.1, 0.15) is 6.20 Å². The molecule has 0 aliphatic carbocycles. The highest BCUT2D eigenvalue weighted by atomic mass is 16.6. The van der Waals surface area contributed by atoms with Crippen molar-refractivity contribution in [2.24, 2.45) is 11.3 Å². The normalized spacial score (nSPS) is 11.5. The van der Waals surface area contributed by atoms with E-state index in [0.29, 0.717) is 18.4 Å². The lowest BCUT2D eigenvalue weighted by Crippen LogP contribution is -2.29. The zero-order valence-corrected chi connectivity index (χ0v) is 13.4. The van der Waals surface area contributed by atoms with Crippen molar-refractivity contribution in [2.75, 3.05) is 23.7 Å². The van der Waals surface area contributed by atoms with Crippen LogP contribution in [0.2, 0.25) is 0 Å². The summed E-state index contributed by atoms with van der Waals surface area (Å²) in [7, 11) is 0. The van der Waals surface area contributed by atoms with Crippen LogP contribution in [0.15, 0.2) is 6.20 Å². The summed E-state index contributed by atoms with van der Waals surface area (Å²) in [5.41, 5.74) is -0.0906. The number of anilines is 2. The second-order valence-corrected chi connectivity index (χ2v) is 6.11. The maximum absolute atomic E-state index is 11.1. The Kier molecular flexibility index (Phi) is 5.87. The topological polar surface area (TPSA) is 93.0 Å². The minimum Gasteiger partial charge on any atom is -0.364 e. The van der Waals surface area contributed by atoms with Gasteiger partial charge in [-0.2, -0.15) is 4.98 Å². The molecule has 0 aliphatic rings. The number of nitrogens with one attached hydrogen (secondary N) is 2. The van der Waals surface area contributed by atoms with Gasteiger partial charge in [0.15, 0.2) is 0 Å². The molecule has 0 saturated heterocycles. The summed E-state index contributed by atoms with van der Waals surface area (Å²) in [5, 5.41) is 17.2. The summed E-state index contributed by atoms with van der Waals surface area (Å²) < 4.78 is 0. The summed E-state index contributed by atoms with van der Waals surface area (Å²) in [6, 6.07) is 0. The fourth-order valence-electron chi connectivity index (χ4n) is 1.48. The first-order chi connectivity index (χ1) is 9.77. The number of hydrogen-bond donors (Lipinski definition) is 2. The van der Waals surface area contributed by atoms with Crippen LogP contribution in [0.4, 0.5) is 17.5 Å². The highest BCUT2D eigenvalue weighted by molar-refractivity contribution is 5.57. The number of rotatable bonds is 8. The third-order valence-corrected chi connectivity index (χ3v) is 3.77. The maximum atomic E-state index is 11.1. The minimum atomic E-state index is -0.464. The fraction of sp³-hybridized carbons (Fsp3) is 0.714. The molecule has 0 atom stereocenters. The quantitative estimate of drug-likeness (QED) is 0.564. The van der Waals surface area contributed by atoms with Crippen molar-refractivity contribution in [3.8, 4) is 0 Å². The molecule has 0 spiro atoms. The molecule has 0 saturated carbocycles. The molecule has 0 bridgehead atoms. The molecule has 0 radical (unpaired) electrons. The monoisotopic (exact) mass is 295 g/mol. The highest BCUT2D eigenvalue weighted by Gasteiger charge is 2.24. The minimum absolute atomic E-state index is 0.00975. The summed E-state index contributed by atoms with van der Waals surface area (Å²) in [4.78, 5) is 18.8. The molecule has 21 heavy (non-hydrogen) atoms. The van der Waals surface area contributed by atoms with E-state index in [0.717, 1.165) is 13.0 Å². The van der Waals surface area contributed by atoms with Gasteiger partial charge in [0, 0.05) is 13.1 Å². The summed E-state index contributed by atoms with van der Waals surface area (Å²) in [6.45, 7) is 11.9. The zero-order valence-electron chi connectivity index (χ0n) is 13.4. The van der Waals surface area contributed by atoms with Gasteiger partial charge in [-0.25, -0.2) is 4.98 Å². The van der Waals surface area contributed by atoms with Crippen molar-refractivity contribution in [2.45, 2.75) is 41.0 Å². The van der Waals surface area contributed by atoms with Crippen LogP contribution in [-0.2, 0) is 0 Å². The third-order valence-electron chi connectivity index (χ3n) is 3.77. The molecule has 7 heteroatoms. The molecule has 0 amide bonds. The van der Waals surface area contributed by atoms with E-state index in [2.05, 4.69) is 48.3 Å². The van der Waals surface area contributed by atoms with E-state index in [1.54, 1.807) is 0 Å². The van der Waals surface area contributed by atoms with E-state index in [1.807, 2.05) is 6.92 Å². The lowest BCUT2D eigenvalue weighted by Gasteiger charge is -2.29. The first-order valence-electron chi connectivity index (χ1n) is 7.27. The SMILES string of the molecule is CCCNc1ncc([N+](=O)[O-])c(NCC(C)(C)C(C)C)n1. The standard InChI is InChI=1S/C14H25N5O2/c1-6-7-15-13-16-8-11(19(20)21)12(18-13)17-9-14(4,5)10(2)3/h8,10H,6-7,9H2,1-5H3,(H2,15,16,17,18). The molecule has 2 N–H and O–H groups in total. The molecule has 118 valence electrons. The predicted molar refractivity (Wildman–Crippen MR) is 84.6 cm³/mol. The van der Waals surface area contributed by atoms with E-state index in [4.69, 9.17) is 0 Å². The van der Waals surface area contributed by atoms with Crippen molar-refractivity contribution >= 4 is 17.5 Å². The molecule has 1 rings (SSSR count). The molecule has 0 aliphatic heterocycles. The molecular formula is C14H25N5O2. The highest BCUT2D eigenvalue weighted by Crippen LogP contribution is 2.28. The maximum Gasteiger partial charge on any atom is 0.329 e. The van der Waals surface area contributed by atoms with Crippen molar-refractivity contribution in [3.63, 3.8) is 0 Å². The van der Waals surface area contributed by atoms with Gasteiger partial charge in [0.05, 0.1) is 4.92 Å². The Bertz CT molecular complexity index is 488. The average Bonchev–Trinajstić information content (AvgIpc) is 2.42. The van der Waals surface area contributed by atoms with Crippen LogP contribution in [0.1, 0.15) is 41.0 Å². The summed E-state index contributed by atoms with van der Waals surface area (Å²) in [6.07, 6.45) is 2.18. The van der Waals surface area contributed by atoms with Crippen LogP contribution < -0.4 is 10.6 Å². The number of nitro groups is 1. The van der Waals surface area contributed by atoms with Crippen LogP contribution in [0.3, 0.4) is 0 Å². The van der Waals surface area contributed by atoms with Gasteiger partial charge in [0.2, 0.25) is 11.8 Å². The Labute approximate surface area is 125 Å². The zero-order chi connectivity index (χ0) is 16.0. The van der Waals surface area contributed by atoms with E-state index in [1.165, 1.54) is 6.20 Å². The largest absolute Gasteiger partial charge is 0.364 e. The van der Waals surface area contributed by atoms with Crippen molar-refractivity contribution in [1.29, 1.82) is 0 Å². The molecule has 1 aromatic rings. The summed E-state index contributed by atoms with van der Waals surface area (Å²) in [5.74, 6) is 1.12. The Morgan fingerprint density at radius 2 is 2.05 bits per heavy atom. The first kappa shape index (κ1) is 17.1. The van der Waals surface area contributed by atoms with E-state index >= 15 is 0 Å². The van der Waals surface area contributed by atoms with Crippen molar-refractivity contribution in [3.05, 3.63) is 16.3 Å². The average molecular weight is 295 g/mol. The Morgan fingerprint density at radius 3 is 2.57 bits per heavy atom. The van der Waals surface area contributed by atoms with Gasteiger partial charge in [-0.3, -0.25) is 10.1 Å². The van der Waals surface area contributed by atoms with E-state index in [9.17, 15) is 10.1 Å². The van der Waals surface area contributed by atoms with E-state index in [-0.39, 0.29) is 16.9 Å². The van der Waals surface area contributed by atoms with Gasteiger partial charge in [-0.05, 0) is 17.8 Å². The molecular weight excluding hydrogens is 270 g/mol. The van der Waals surface area contributed by atoms with Gasteiger partial charge >= 0.3 is 5.69 Å². The van der Waals surface area contributed by atoms with Crippen LogP contribution >= 0.6 is 0 Å². The fourth-order valence-corrected chi connectivity index (χ4v) is 1.48. The van der Waals surface area contributed by atoms with E-state index < -0.39 is 4.92 Å². The number of nitrogens with zero attached hydrogens (tertiary/aromatic N) is 3. The van der Waals surface area contributed by atoms with Gasteiger partial charge in [0.25, 0.3) is 0 Å². The predicted octanol–water partition coefficient (Wildman–Crippen LogP) is 3.30. The Morgan fingerprint density at radius 1 is 1.38 bits per heavy atom. The second-order valence-electron chi connectivity index (χ2n) is 6.11. The van der Waals surface area contributed by atoms with Crippen LogP contribution in [0.5, 0.6) is 0 Å². The Balaban J connectivity index is 2.93. The number of hydrogen-bond acceptors (Lipinski definition) is 6. The van der Waals surface area contributed by atoms with Crippen molar-refractivity contribution < 1.29 is 4.92 Å². The molecule has 1 aromatic heterocycles. The second kappa shape index (κ2) is 7.19. The van der Waals surface area contributed by atoms with Gasteiger partial charge in [-0.15, -0.1) is 0 Å². The molecule has 0 unspecified atom stereocenters. The third kappa shape index (κ3) is 4.84. The van der Waals surface area contributed by atoms with Crippen LogP contribution in [0.25, 0.3) is 0 Å². The van der Waals surface area contributed by atoms with Gasteiger partial charge < -0.3 is 10.6 Å². The summed E-state index contributed by atoms with van der Waals surface area (Å²) >= 11 is 0. The number of aromatic nitrogens is 2. The smallest absolute Gasteiger partial charge is 0.329 e. The lowest BCUT2D eigenvalue weighted by atomic mass is 9.81. The molecule has 0 aromatic carbocycles.